The maximum atomic E-state index is 12.9. The second-order valence-corrected chi connectivity index (χ2v) is 7.00. The van der Waals surface area contributed by atoms with E-state index < -0.39 is 0 Å². The van der Waals surface area contributed by atoms with E-state index in [0.29, 0.717) is 12.2 Å². The molecule has 0 saturated carbocycles. The van der Waals surface area contributed by atoms with Gasteiger partial charge in [-0.15, -0.1) is 0 Å². The molecule has 0 spiro atoms. The molecule has 3 rings (SSSR count). The van der Waals surface area contributed by atoms with Crippen molar-refractivity contribution in [1.29, 1.82) is 0 Å². The molecule has 2 aromatic rings. The Balaban J connectivity index is 1.82. The summed E-state index contributed by atoms with van der Waals surface area (Å²) in [5.41, 5.74) is 4.30. The monoisotopic (exact) mass is 342 g/mol. The number of rotatable bonds is 4. The Morgan fingerprint density at radius 2 is 2.12 bits per heavy atom. The van der Waals surface area contributed by atoms with E-state index in [1.165, 1.54) is 0 Å². The first-order valence-electron chi connectivity index (χ1n) is 8.79. The molecule has 0 unspecified atom stereocenters. The first-order chi connectivity index (χ1) is 11.9. The third kappa shape index (κ3) is 3.44. The fourth-order valence-corrected chi connectivity index (χ4v) is 3.62. The van der Waals surface area contributed by atoms with E-state index in [1.807, 2.05) is 37.6 Å². The first kappa shape index (κ1) is 17.6. The average molecular weight is 342 g/mol. The fourth-order valence-electron chi connectivity index (χ4n) is 3.62. The quantitative estimate of drug-likeness (QED) is 0.927. The van der Waals surface area contributed by atoms with Crippen molar-refractivity contribution in [3.05, 3.63) is 46.5 Å². The van der Waals surface area contributed by atoms with E-state index in [-0.39, 0.29) is 24.1 Å². The lowest BCUT2D eigenvalue weighted by Gasteiger charge is -2.23. The summed E-state index contributed by atoms with van der Waals surface area (Å²) in [5.74, 6) is -0.0846. The van der Waals surface area contributed by atoms with Crippen molar-refractivity contribution in [3.8, 4) is 0 Å². The maximum absolute atomic E-state index is 12.9. The zero-order valence-corrected chi connectivity index (χ0v) is 15.5. The van der Waals surface area contributed by atoms with Gasteiger partial charge >= 0.3 is 0 Å². The molecule has 1 fully saturated rings. The number of carbonyl (C=O) groups is 1. The molecule has 0 aromatic carbocycles. The summed E-state index contributed by atoms with van der Waals surface area (Å²) < 4.78 is 7.88. The summed E-state index contributed by atoms with van der Waals surface area (Å²) in [7, 11) is 0. The molecule has 1 aliphatic heterocycles. The van der Waals surface area contributed by atoms with Crippen molar-refractivity contribution >= 4 is 5.91 Å². The van der Waals surface area contributed by atoms with Gasteiger partial charge in [0.1, 0.15) is 6.10 Å². The minimum absolute atomic E-state index is 0.0678. The van der Waals surface area contributed by atoms with Crippen LogP contribution in [0.15, 0.2) is 18.3 Å². The molecular formula is C19H26N4O2. The fraction of sp³-hybridized carbons (Fsp3) is 0.526. The van der Waals surface area contributed by atoms with Gasteiger partial charge in [-0.2, -0.15) is 5.10 Å². The van der Waals surface area contributed by atoms with Crippen molar-refractivity contribution < 1.29 is 9.53 Å². The van der Waals surface area contributed by atoms with E-state index in [4.69, 9.17) is 4.74 Å². The Bertz CT molecular complexity index is 758. The van der Waals surface area contributed by atoms with Crippen molar-refractivity contribution in [2.45, 2.75) is 59.2 Å². The summed E-state index contributed by atoms with van der Waals surface area (Å²) in [4.78, 5) is 17.3. The van der Waals surface area contributed by atoms with Crippen LogP contribution in [0, 0.1) is 20.8 Å². The van der Waals surface area contributed by atoms with Crippen LogP contribution in [0.2, 0.25) is 0 Å². The molecule has 1 aliphatic rings. The zero-order valence-electron chi connectivity index (χ0n) is 15.5. The molecule has 2 atom stereocenters. The molecule has 1 amide bonds. The van der Waals surface area contributed by atoms with Crippen LogP contribution in [0.25, 0.3) is 0 Å². The number of pyridine rings is 1. The van der Waals surface area contributed by atoms with Gasteiger partial charge in [-0.05, 0) is 58.7 Å². The third-order valence-electron chi connectivity index (χ3n) is 4.64. The van der Waals surface area contributed by atoms with E-state index in [2.05, 4.69) is 29.2 Å². The number of carbonyl (C=O) groups excluding carboxylic acids is 1. The summed E-state index contributed by atoms with van der Waals surface area (Å²) >= 11 is 0. The normalized spacial score (nSPS) is 20.2. The Kier molecular flexibility index (Phi) is 4.90. The molecule has 25 heavy (non-hydrogen) atoms. The molecule has 6 heteroatoms. The highest BCUT2D eigenvalue weighted by molar-refractivity contribution is 5.96. The average Bonchev–Trinajstić information content (AvgIpc) is 3.13. The summed E-state index contributed by atoms with van der Waals surface area (Å²) in [6.45, 7) is 10.6. The van der Waals surface area contributed by atoms with Crippen LogP contribution < -0.4 is 5.32 Å². The zero-order chi connectivity index (χ0) is 18.1. The lowest BCUT2D eigenvalue weighted by molar-refractivity contribution is 0.0782. The van der Waals surface area contributed by atoms with E-state index >= 15 is 0 Å². The molecule has 0 radical (unpaired) electrons. The van der Waals surface area contributed by atoms with Crippen molar-refractivity contribution in [1.82, 2.24) is 20.1 Å². The van der Waals surface area contributed by atoms with Crippen molar-refractivity contribution in [2.75, 3.05) is 6.61 Å². The predicted molar refractivity (Wildman–Crippen MR) is 95.6 cm³/mol. The van der Waals surface area contributed by atoms with Crippen LogP contribution in [-0.2, 0) is 4.74 Å². The lowest BCUT2D eigenvalue weighted by atomic mass is 10.0. The van der Waals surface area contributed by atoms with Gasteiger partial charge in [0.05, 0.1) is 23.0 Å². The summed E-state index contributed by atoms with van der Waals surface area (Å²) in [6.07, 6.45) is 2.40. The molecular weight excluding hydrogens is 316 g/mol. The number of nitrogens with one attached hydrogen (secondary N) is 1. The number of amides is 1. The van der Waals surface area contributed by atoms with Crippen LogP contribution in [-0.4, -0.2) is 33.3 Å². The highest BCUT2D eigenvalue weighted by Crippen LogP contribution is 2.30. The molecule has 3 heterocycles. The predicted octanol–water partition coefficient (Wildman–Crippen LogP) is 3.04. The lowest BCUT2D eigenvalue weighted by Crippen LogP contribution is -2.38. The smallest absolute Gasteiger partial charge is 0.253 e. The van der Waals surface area contributed by atoms with Crippen LogP contribution in [0.3, 0.4) is 0 Å². The van der Waals surface area contributed by atoms with Crippen LogP contribution in [0.1, 0.15) is 65.4 Å². The SMILES string of the molecule is Cc1cc(C)c(C(=O)N[C@@H]2CCO[C@H]2c2ccnn2C(C)C)c(C)n1. The van der Waals surface area contributed by atoms with Gasteiger partial charge in [-0.25, -0.2) is 0 Å². The van der Waals surface area contributed by atoms with Crippen LogP contribution >= 0.6 is 0 Å². The second kappa shape index (κ2) is 6.96. The molecule has 1 saturated heterocycles. The van der Waals surface area contributed by atoms with E-state index in [0.717, 1.165) is 29.1 Å². The maximum Gasteiger partial charge on any atom is 0.253 e. The Labute approximate surface area is 148 Å². The molecule has 134 valence electrons. The number of aromatic nitrogens is 3. The molecule has 0 bridgehead atoms. The van der Waals surface area contributed by atoms with Crippen molar-refractivity contribution in [2.24, 2.45) is 0 Å². The van der Waals surface area contributed by atoms with Gasteiger partial charge in [0, 0.05) is 24.5 Å². The standard InChI is InChI=1S/C19H26N4O2/c1-11(2)23-16(6-8-20-23)18-15(7-9-25-18)22-19(24)17-12(3)10-13(4)21-14(17)5/h6,8,10-11,15,18H,7,9H2,1-5H3,(H,22,24)/t15-,18-/m1/s1. The van der Waals surface area contributed by atoms with Gasteiger partial charge in [0.15, 0.2) is 0 Å². The number of ether oxygens (including phenoxy) is 1. The van der Waals surface area contributed by atoms with Gasteiger partial charge in [-0.1, -0.05) is 0 Å². The molecule has 2 aromatic heterocycles. The number of nitrogens with zero attached hydrogens (tertiary/aromatic N) is 3. The van der Waals surface area contributed by atoms with Gasteiger partial charge in [0.2, 0.25) is 0 Å². The second-order valence-electron chi connectivity index (χ2n) is 7.00. The van der Waals surface area contributed by atoms with Crippen LogP contribution in [0.4, 0.5) is 0 Å². The summed E-state index contributed by atoms with van der Waals surface area (Å²) in [5, 5.41) is 7.54. The first-order valence-corrected chi connectivity index (χ1v) is 8.79. The highest BCUT2D eigenvalue weighted by atomic mass is 16.5. The minimum Gasteiger partial charge on any atom is -0.370 e. The topological polar surface area (TPSA) is 69.0 Å². The number of hydrogen-bond acceptors (Lipinski definition) is 4. The Hall–Kier alpha value is -2.21. The van der Waals surface area contributed by atoms with E-state index in [9.17, 15) is 4.79 Å². The molecule has 0 aliphatic carbocycles. The Morgan fingerprint density at radius 1 is 1.36 bits per heavy atom. The third-order valence-corrected chi connectivity index (χ3v) is 4.64. The molecule has 6 nitrogen and oxygen atoms in total. The Morgan fingerprint density at radius 3 is 2.80 bits per heavy atom. The minimum atomic E-state index is -0.173. The molecule has 1 N–H and O–H groups in total. The van der Waals surface area contributed by atoms with Gasteiger partial charge < -0.3 is 10.1 Å². The largest absolute Gasteiger partial charge is 0.370 e. The van der Waals surface area contributed by atoms with E-state index in [1.54, 1.807) is 6.20 Å². The van der Waals surface area contributed by atoms with Gasteiger partial charge in [-0.3, -0.25) is 14.5 Å². The van der Waals surface area contributed by atoms with Crippen molar-refractivity contribution in [3.63, 3.8) is 0 Å². The number of aryl methyl sites for hydroxylation is 3. The van der Waals surface area contributed by atoms with Gasteiger partial charge in [0.25, 0.3) is 5.91 Å². The number of hydrogen-bond donors (Lipinski definition) is 1. The van der Waals surface area contributed by atoms with Crippen LogP contribution in [0.5, 0.6) is 0 Å². The highest BCUT2D eigenvalue weighted by Gasteiger charge is 2.34. The summed E-state index contributed by atoms with van der Waals surface area (Å²) in [6, 6.07) is 4.09.